The largest absolute Gasteiger partial charge is 0.341 e. The van der Waals surface area contributed by atoms with E-state index < -0.39 is 0 Å². The molecule has 25 heavy (non-hydrogen) atoms. The Hall–Kier alpha value is -2.14. The summed E-state index contributed by atoms with van der Waals surface area (Å²) in [5, 5.41) is 3.38. The molecule has 134 valence electrons. The summed E-state index contributed by atoms with van der Waals surface area (Å²) in [6.07, 6.45) is 5.18. The monoisotopic (exact) mass is 360 g/mol. The molecule has 2 aromatic rings. The van der Waals surface area contributed by atoms with E-state index in [0.29, 0.717) is 22.2 Å². The molecule has 1 aromatic heterocycles. The molecule has 0 aliphatic heterocycles. The van der Waals surface area contributed by atoms with Crippen molar-refractivity contribution in [2.24, 2.45) is 0 Å². The van der Waals surface area contributed by atoms with Crippen molar-refractivity contribution in [1.82, 2.24) is 9.97 Å². The van der Waals surface area contributed by atoms with Crippen molar-refractivity contribution in [3.8, 4) is 0 Å². The zero-order valence-electron chi connectivity index (χ0n) is 15.3. The van der Waals surface area contributed by atoms with E-state index >= 15 is 0 Å². The van der Waals surface area contributed by atoms with Gasteiger partial charge in [0.2, 0.25) is 5.95 Å². The molecule has 0 saturated heterocycles. The van der Waals surface area contributed by atoms with Crippen molar-refractivity contribution in [3.63, 3.8) is 0 Å². The van der Waals surface area contributed by atoms with E-state index in [1.165, 1.54) is 0 Å². The molecular weight excluding hydrogens is 336 g/mol. The lowest BCUT2D eigenvalue weighted by molar-refractivity contribution is 0.102. The Balaban J connectivity index is 2.15. The van der Waals surface area contributed by atoms with E-state index in [1.807, 2.05) is 26.0 Å². The Morgan fingerprint density at radius 3 is 2.24 bits per heavy atom. The first-order chi connectivity index (χ1) is 12.0. The number of hydrogen-bond acceptors (Lipinski definition) is 4. The highest BCUT2D eigenvalue weighted by Gasteiger charge is 2.14. The molecule has 1 aromatic carbocycles. The number of hydrogen-bond donors (Lipinski definition) is 1. The van der Waals surface area contributed by atoms with Gasteiger partial charge in [0.25, 0.3) is 5.91 Å². The van der Waals surface area contributed by atoms with Crippen molar-refractivity contribution in [2.45, 2.75) is 40.5 Å². The van der Waals surface area contributed by atoms with E-state index in [-0.39, 0.29) is 5.91 Å². The number of aromatic nitrogens is 2. The van der Waals surface area contributed by atoms with Gasteiger partial charge in [-0.2, -0.15) is 0 Å². The molecule has 0 aliphatic carbocycles. The van der Waals surface area contributed by atoms with Gasteiger partial charge in [0.15, 0.2) is 0 Å². The lowest BCUT2D eigenvalue weighted by Gasteiger charge is -2.21. The van der Waals surface area contributed by atoms with Crippen LogP contribution < -0.4 is 10.2 Å². The average molecular weight is 361 g/mol. The molecule has 0 aliphatic rings. The third-order valence-electron chi connectivity index (χ3n) is 3.84. The van der Waals surface area contributed by atoms with Crippen LogP contribution in [0.3, 0.4) is 0 Å². The lowest BCUT2D eigenvalue weighted by atomic mass is 10.1. The molecule has 1 amide bonds. The SMILES string of the molecule is CCCN(CCC)c1ncc(C(=O)Nc2c(C)cc(C)cc2Cl)cn1. The van der Waals surface area contributed by atoms with Gasteiger partial charge in [-0.15, -0.1) is 0 Å². The average Bonchev–Trinajstić information content (AvgIpc) is 2.58. The summed E-state index contributed by atoms with van der Waals surface area (Å²) in [4.78, 5) is 23.3. The Morgan fingerprint density at radius 2 is 1.72 bits per heavy atom. The van der Waals surface area contributed by atoms with Crippen LogP contribution in [0.25, 0.3) is 0 Å². The highest BCUT2D eigenvalue weighted by Crippen LogP contribution is 2.27. The maximum atomic E-state index is 12.5. The van der Waals surface area contributed by atoms with E-state index in [4.69, 9.17) is 11.6 Å². The fraction of sp³-hybridized carbons (Fsp3) is 0.421. The first kappa shape index (κ1) is 19.2. The molecule has 0 atom stereocenters. The molecule has 0 radical (unpaired) electrons. The smallest absolute Gasteiger partial charge is 0.258 e. The van der Waals surface area contributed by atoms with Crippen molar-refractivity contribution in [2.75, 3.05) is 23.3 Å². The quantitative estimate of drug-likeness (QED) is 0.782. The first-order valence-electron chi connectivity index (χ1n) is 8.61. The number of amides is 1. The predicted molar refractivity (Wildman–Crippen MR) is 104 cm³/mol. The van der Waals surface area contributed by atoms with Crippen LogP contribution >= 0.6 is 11.6 Å². The minimum absolute atomic E-state index is 0.266. The highest BCUT2D eigenvalue weighted by atomic mass is 35.5. The second-order valence-electron chi connectivity index (χ2n) is 6.15. The van der Waals surface area contributed by atoms with Gasteiger partial charge in [-0.3, -0.25) is 4.79 Å². The number of halogens is 1. The van der Waals surface area contributed by atoms with Crippen LogP contribution in [-0.4, -0.2) is 29.0 Å². The van der Waals surface area contributed by atoms with Gasteiger partial charge in [0.05, 0.1) is 16.3 Å². The van der Waals surface area contributed by atoms with Crippen LogP contribution in [-0.2, 0) is 0 Å². The zero-order valence-corrected chi connectivity index (χ0v) is 16.0. The number of anilines is 2. The Labute approximate surface area is 154 Å². The van der Waals surface area contributed by atoms with E-state index in [0.717, 1.165) is 37.1 Å². The summed E-state index contributed by atoms with van der Waals surface area (Å²) < 4.78 is 0. The minimum Gasteiger partial charge on any atom is -0.341 e. The number of carbonyl (C=O) groups is 1. The summed E-state index contributed by atoms with van der Waals surface area (Å²) >= 11 is 6.25. The molecule has 1 heterocycles. The van der Waals surface area contributed by atoms with Crippen LogP contribution in [0.4, 0.5) is 11.6 Å². The molecular formula is C19H25ClN4O. The number of benzene rings is 1. The normalized spacial score (nSPS) is 10.6. The summed E-state index contributed by atoms with van der Waals surface area (Å²) in [6.45, 7) is 9.93. The topological polar surface area (TPSA) is 58.1 Å². The highest BCUT2D eigenvalue weighted by molar-refractivity contribution is 6.34. The second kappa shape index (κ2) is 8.81. The zero-order chi connectivity index (χ0) is 18.4. The van der Waals surface area contributed by atoms with E-state index in [1.54, 1.807) is 12.4 Å². The third-order valence-corrected chi connectivity index (χ3v) is 4.14. The minimum atomic E-state index is -0.266. The maximum absolute atomic E-state index is 12.5. The molecule has 0 bridgehead atoms. The number of nitrogens with one attached hydrogen (secondary N) is 1. The van der Waals surface area contributed by atoms with Crippen LogP contribution in [0.15, 0.2) is 24.5 Å². The van der Waals surface area contributed by atoms with Crippen molar-refractivity contribution >= 4 is 29.1 Å². The van der Waals surface area contributed by atoms with E-state index in [9.17, 15) is 4.79 Å². The molecule has 1 N–H and O–H groups in total. The van der Waals surface area contributed by atoms with E-state index in [2.05, 4.69) is 34.0 Å². The van der Waals surface area contributed by atoms with Gasteiger partial charge >= 0.3 is 0 Å². The standard InChI is InChI=1S/C19H25ClN4O/c1-5-7-24(8-6-2)19-21-11-15(12-22-19)18(25)23-17-14(4)9-13(3)10-16(17)20/h9-12H,5-8H2,1-4H3,(H,23,25). The van der Waals surface area contributed by atoms with Gasteiger partial charge in [0.1, 0.15) is 0 Å². The van der Waals surface area contributed by atoms with Gasteiger partial charge in [-0.1, -0.05) is 31.5 Å². The van der Waals surface area contributed by atoms with Gasteiger partial charge in [-0.25, -0.2) is 9.97 Å². The molecule has 6 heteroatoms. The van der Waals surface area contributed by atoms with Crippen molar-refractivity contribution < 1.29 is 4.79 Å². The molecule has 5 nitrogen and oxygen atoms in total. The number of carbonyl (C=O) groups excluding carboxylic acids is 1. The van der Waals surface area contributed by atoms with Crippen LogP contribution in [0.2, 0.25) is 5.02 Å². The van der Waals surface area contributed by atoms with Gasteiger partial charge < -0.3 is 10.2 Å². The van der Waals surface area contributed by atoms with Crippen molar-refractivity contribution in [1.29, 1.82) is 0 Å². The Morgan fingerprint density at radius 1 is 1.12 bits per heavy atom. The Kier molecular flexibility index (Phi) is 6.76. The summed E-state index contributed by atoms with van der Waals surface area (Å²) in [7, 11) is 0. The first-order valence-corrected chi connectivity index (χ1v) is 8.99. The molecule has 2 rings (SSSR count). The van der Waals surface area contributed by atoms with Gasteiger partial charge in [-0.05, 0) is 43.9 Å². The molecule has 0 fully saturated rings. The number of nitrogens with zero attached hydrogens (tertiary/aromatic N) is 3. The lowest BCUT2D eigenvalue weighted by Crippen LogP contribution is -2.27. The molecule has 0 saturated carbocycles. The third kappa shape index (κ3) is 4.92. The van der Waals surface area contributed by atoms with Crippen LogP contribution in [0.1, 0.15) is 48.2 Å². The van der Waals surface area contributed by atoms with Crippen LogP contribution in [0, 0.1) is 13.8 Å². The predicted octanol–water partition coefficient (Wildman–Crippen LogP) is 4.63. The molecule has 0 unspecified atom stereocenters. The maximum Gasteiger partial charge on any atom is 0.258 e. The fourth-order valence-electron chi connectivity index (χ4n) is 2.71. The van der Waals surface area contributed by atoms with Crippen molar-refractivity contribution in [3.05, 3.63) is 46.2 Å². The second-order valence-corrected chi connectivity index (χ2v) is 6.56. The number of aryl methyl sites for hydroxylation is 2. The summed E-state index contributed by atoms with van der Waals surface area (Å²) in [6, 6.07) is 3.81. The molecule has 0 spiro atoms. The summed E-state index contributed by atoms with van der Waals surface area (Å²) in [5.74, 6) is 0.391. The fourth-order valence-corrected chi connectivity index (χ4v) is 3.08. The Bertz CT molecular complexity index is 702. The van der Waals surface area contributed by atoms with Crippen LogP contribution in [0.5, 0.6) is 0 Å². The van der Waals surface area contributed by atoms with Gasteiger partial charge in [0, 0.05) is 25.5 Å². The number of rotatable bonds is 7. The summed E-state index contributed by atoms with van der Waals surface area (Å²) in [5.41, 5.74) is 3.01.